The number of rotatable bonds is 10. The highest BCUT2D eigenvalue weighted by Crippen LogP contribution is 2.20. The second kappa shape index (κ2) is 11.1. The number of halogens is 1. The van der Waals surface area contributed by atoms with E-state index >= 15 is 0 Å². The molecule has 0 aromatic heterocycles. The summed E-state index contributed by atoms with van der Waals surface area (Å²) in [6, 6.07) is 14.9. The molecule has 29 heavy (non-hydrogen) atoms. The van der Waals surface area contributed by atoms with Gasteiger partial charge in [-0.25, -0.2) is 4.39 Å². The molecule has 0 saturated carbocycles. The summed E-state index contributed by atoms with van der Waals surface area (Å²) in [5.74, 6) is 0.650. The fourth-order valence-electron chi connectivity index (χ4n) is 3.49. The van der Waals surface area contributed by atoms with Crippen molar-refractivity contribution in [1.82, 2.24) is 4.90 Å². The second-order valence-electron chi connectivity index (χ2n) is 7.31. The van der Waals surface area contributed by atoms with E-state index < -0.39 is 6.10 Å². The van der Waals surface area contributed by atoms with E-state index in [-0.39, 0.29) is 12.4 Å². The summed E-state index contributed by atoms with van der Waals surface area (Å²) >= 11 is 0. The molecule has 1 saturated heterocycles. The van der Waals surface area contributed by atoms with Crippen LogP contribution in [0.5, 0.6) is 5.75 Å². The first-order valence-corrected chi connectivity index (χ1v) is 10.3. The number of ether oxygens (including phenoxy) is 2. The first-order chi connectivity index (χ1) is 14.2. The Kier molecular flexibility index (Phi) is 8.28. The summed E-state index contributed by atoms with van der Waals surface area (Å²) in [7, 11) is 0. The fraction of sp³-hybridized carbons (Fsp3) is 0.478. The van der Waals surface area contributed by atoms with Crippen LogP contribution in [0.3, 0.4) is 0 Å². The molecular weight excluding hydrogens is 371 g/mol. The third kappa shape index (κ3) is 6.70. The standard InChI is InChI=1S/C23H31FN2O3/c1-2-19-7-9-21(10-8-19)29-16-15-28-18-20(27)17-25-11-13-26(14-12-25)23-6-4-3-5-22(23)24/h3-10,20,27H,2,11-18H2,1H3/t20-/m1/s1. The zero-order chi connectivity index (χ0) is 20.5. The lowest BCUT2D eigenvalue weighted by Gasteiger charge is -2.36. The van der Waals surface area contributed by atoms with Crippen LogP contribution in [-0.2, 0) is 11.2 Å². The van der Waals surface area contributed by atoms with E-state index in [0.717, 1.165) is 38.3 Å². The molecule has 0 spiro atoms. The molecule has 1 aliphatic rings. The molecule has 1 fully saturated rings. The molecule has 0 aliphatic carbocycles. The number of hydrogen-bond acceptors (Lipinski definition) is 5. The first-order valence-electron chi connectivity index (χ1n) is 10.3. The number of hydrogen-bond donors (Lipinski definition) is 1. The number of aliphatic hydroxyl groups excluding tert-OH is 1. The maximum atomic E-state index is 13.9. The minimum Gasteiger partial charge on any atom is -0.491 e. The quantitative estimate of drug-likeness (QED) is 0.619. The molecule has 1 heterocycles. The van der Waals surface area contributed by atoms with E-state index in [1.807, 2.05) is 24.3 Å². The van der Waals surface area contributed by atoms with Crippen molar-refractivity contribution in [1.29, 1.82) is 0 Å². The highest BCUT2D eigenvalue weighted by Gasteiger charge is 2.21. The maximum Gasteiger partial charge on any atom is 0.146 e. The van der Waals surface area contributed by atoms with Crippen LogP contribution >= 0.6 is 0 Å². The molecule has 3 rings (SSSR count). The van der Waals surface area contributed by atoms with Crippen molar-refractivity contribution < 1.29 is 19.0 Å². The zero-order valence-corrected chi connectivity index (χ0v) is 17.1. The number of benzene rings is 2. The van der Waals surface area contributed by atoms with Crippen molar-refractivity contribution in [3.05, 3.63) is 59.9 Å². The predicted octanol–water partition coefficient (Wildman–Crippen LogP) is 2.97. The maximum absolute atomic E-state index is 13.9. The zero-order valence-electron chi connectivity index (χ0n) is 17.1. The average Bonchev–Trinajstić information content (AvgIpc) is 2.75. The Morgan fingerprint density at radius 2 is 1.72 bits per heavy atom. The van der Waals surface area contributed by atoms with Gasteiger partial charge in [0.2, 0.25) is 0 Å². The summed E-state index contributed by atoms with van der Waals surface area (Å²) in [4.78, 5) is 4.25. The molecule has 1 atom stereocenters. The summed E-state index contributed by atoms with van der Waals surface area (Å²) in [6.07, 6.45) is 0.471. The van der Waals surface area contributed by atoms with Gasteiger partial charge in [-0.05, 0) is 36.2 Å². The van der Waals surface area contributed by atoms with Crippen LogP contribution in [0.4, 0.5) is 10.1 Å². The third-order valence-electron chi connectivity index (χ3n) is 5.17. The molecule has 2 aromatic carbocycles. The molecule has 2 aromatic rings. The van der Waals surface area contributed by atoms with E-state index in [4.69, 9.17) is 9.47 Å². The smallest absolute Gasteiger partial charge is 0.146 e. The molecule has 6 heteroatoms. The number of anilines is 1. The number of β-amino-alcohol motifs (C(OH)–C–C–N with tert-alkyl or cyclic N) is 1. The van der Waals surface area contributed by atoms with Gasteiger partial charge in [0.15, 0.2) is 0 Å². The largest absolute Gasteiger partial charge is 0.491 e. The van der Waals surface area contributed by atoms with Crippen LogP contribution in [0.25, 0.3) is 0 Å². The Hall–Kier alpha value is -2.15. The molecule has 0 unspecified atom stereocenters. The van der Waals surface area contributed by atoms with Gasteiger partial charge in [0.25, 0.3) is 0 Å². The van der Waals surface area contributed by atoms with Crippen LogP contribution in [0.1, 0.15) is 12.5 Å². The lowest BCUT2D eigenvalue weighted by atomic mass is 10.2. The molecule has 1 aliphatic heterocycles. The van der Waals surface area contributed by atoms with Crippen molar-refractivity contribution in [2.75, 3.05) is 57.4 Å². The van der Waals surface area contributed by atoms with Crippen LogP contribution in [0.2, 0.25) is 0 Å². The minimum atomic E-state index is -0.543. The Morgan fingerprint density at radius 3 is 2.41 bits per heavy atom. The molecule has 1 N–H and O–H groups in total. The highest BCUT2D eigenvalue weighted by atomic mass is 19.1. The summed E-state index contributed by atoms with van der Waals surface area (Å²) in [5.41, 5.74) is 1.94. The number of nitrogens with zero attached hydrogens (tertiary/aromatic N) is 2. The van der Waals surface area contributed by atoms with Gasteiger partial charge in [-0.1, -0.05) is 31.2 Å². The van der Waals surface area contributed by atoms with E-state index in [1.165, 1.54) is 11.6 Å². The summed E-state index contributed by atoms with van der Waals surface area (Å²) in [6.45, 7) is 6.95. The Balaban J connectivity index is 1.28. The van der Waals surface area contributed by atoms with Crippen LogP contribution in [0.15, 0.2) is 48.5 Å². The van der Waals surface area contributed by atoms with E-state index in [0.29, 0.717) is 25.4 Å². The highest BCUT2D eigenvalue weighted by molar-refractivity contribution is 5.48. The monoisotopic (exact) mass is 402 g/mol. The van der Waals surface area contributed by atoms with Crippen LogP contribution < -0.4 is 9.64 Å². The van der Waals surface area contributed by atoms with E-state index in [9.17, 15) is 9.50 Å². The van der Waals surface area contributed by atoms with E-state index in [2.05, 4.69) is 28.9 Å². The van der Waals surface area contributed by atoms with Gasteiger partial charge in [0.05, 0.1) is 25.0 Å². The molecule has 0 bridgehead atoms. The number of aryl methyl sites for hydroxylation is 1. The van der Waals surface area contributed by atoms with Gasteiger partial charge >= 0.3 is 0 Å². The Bertz CT molecular complexity index is 733. The van der Waals surface area contributed by atoms with Gasteiger partial charge in [0, 0.05) is 32.7 Å². The van der Waals surface area contributed by atoms with Gasteiger partial charge in [0.1, 0.15) is 18.2 Å². The van der Waals surface area contributed by atoms with Crippen molar-refractivity contribution in [2.24, 2.45) is 0 Å². The van der Waals surface area contributed by atoms with Crippen molar-refractivity contribution in [3.8, 4) is 5.75 Å². The molecular formula is C23H31FN2O3. The Morgan fingerprint density at radius 1 is 1.00 bits per heavy atom. The second-order valence-corrected chi connectivity index (χ2v) is 7.31. The SMILES string of the molecule is CCc1ccc(OCCOC[C@H](O)CN2CCN(c3ccccc3F)CC2)cc1. The summed E-state index contributed by atoms with van der Waals surface area (Å²) in [5, 5.41) is 10.2. The third-order valence-corrected chi connectivity index (χ3v) is 5.17. The number of piperazine rings is 1. The average molecular weight is 403 g/mol. The van der Waals surface area contributed by atoms with Crippen molar-refractivity contribution in [2.45, 2.75) is 19.4 Å². The number of para-hydroxylation sites is 1. The van der Waals surface area contributed by atoms with Gasteiger partial charge in [-0.2, -0.15) is 0 Å². The minimum absolute atomic E-state index is 0.182. The van der Waals surface area contributed by atoms with Crippen LogP contribution in [0, 0.1) is 5.82 Å². The Labute approximate surface area is 172 Å². The predicted molar refractivity (Wildman–Crippen MR) is 113 cm³/mol. The lowest BCUT2D eigenvalue weighted by molar-refractivity contribution is 0.00716. The fourth-order valence-corrected chi connectivity index (χ4v) is 3.49. The number of aliphatic hydroxyl groups is 1. The molecule has 0 radical (unpaired) electrons. The summed E-state index contributed by atoms with van der Waals surface area (Å²) < 4.78 is 25.1. The molecule has 0 amide bonds. The molecule has 5 nitrogen and oxygen atoms in total. The molecule has 158 valence electrons. The van der Waals surface area contributed by atoms with Gasteiger partial charge < -0.3 is 19.5 Å². The van der Waals surface area contributed by atoms with Gasteiger partial charge in [-0.15, -0.1) is 0 Å². The first kappa shape index (κ1) is 21.6. The van der Waals surface area contributed by atoms with Crippen molar-refractivity contribution in [3.63, 3.8) is 0 Å². The van der Waals surface area contributed by atoms with Gasteiger partial charge in [-0.3, -0.25) is 4.90 Å². The van der Waals surface area contributed by atoms with Crippen LogP contribution in [-0.4, -0.2) is 68.7 Å². The normalized spacial score (nSPS) is 16.0. The lowest BCUT2D eigenvalue weighted by Crippen LogP contribution is -2.49. The van der Waals surface area contributed by atoms with Crippen molar-refractivity contribution >= 4 is 5.69 Å². The topological polar surface area (TPSA) is 45.2 Å². The van der Waals surface area contributed by atoms with E-state index in [1.54, 1.807) is 6.07 Å².